The number of rotatable bonds is 4. The molecule has 1 saturated heterocycles. The minimum absolute atomic E-state index is 0.0565. The molecule has 1 amide bonds. The number of nitrogens with two attached hydrogens (primary N) is 2. The van der Waals surface area contributed by atoms with E-state index in [0.717, 1.165) is 0 Å². The first-order valence-corrected chi connectivity index (χ1v) is 6.72. The molecular formula is C12H16N6O4. The number of imidazole rings is 1. The van der Waals surface area contributed by atoms with Crippen LogP contribution in [0.5, 0.6) is 0 Å². The Hall–Kier alpha value is -2.30. The van der Waals surface area contributed by atoms with Crippen LogP contribution in [0.25, 0.3) is 11.2 Å². The Morgan fingerprint density at radius 3 is 2.82 bits per heavy atom. The summed E-state index contributed by atoms with van der Waals surface area (Å²) in [5, 5.41) is 20.2. The second kappa shape index (κ2) is 5.48. The average Bonchev–Trinajstić information content (AvgIpc) is 3.01. The fraction of sp³-hybridized carbons (Fsp3) is 0.500. The molecule has 0 spiro atoms. The number of hydrogen-bond acceptors (Lipinski definition) is 8. The highest BCUT2D eigenvalue weighted by Gasteiger charge is 2.44. The number of anilines is 1. The molecule has 4 atom stereocenters. The molecule has 1 unspecified atom stereocenters. The third-order valence-corrected chi connectivity index (χ3v) is 3.67. The lowest BCUT2D eigenvalue weighted by Gasteiger charge is -2.16. The van der Waals surface area contributed by atoms with Crippen LogP contribution in [0.2, 0.25) is 0 Å². The SMILES string of the molecule is NC(=O)CC[C@H]1OC(n2cnc3c(N)ncnc32)[C@@H](O)[C@@H]1O. The van der Waals surface area contributed by atoms with Crippen LogP contribution >= 0.6 is 0 Å². The van der Waals surface area contributed by atoms with Crippen LogP contribution < -0.4 is 11.5 Å². The maximum Gasteiger partial charge on any atom is 0.217 e. The first kappa shape index (κ1) is 14.6. The summed E-state index contributed by atoms with van der Waals surface area (Å²) < 4.78 is 7.12. The van der Waals surface area contributed by atoms with Crippen LogP contribution in [0.1, 0.15) is 19.1 Å². The first-order valence-electron chi connectivity index (χ1n) is 6.72. The molecule has 118 valence electrons. The number of carbonyl (C=O) groups is 1. The summed E-state index contributed by atoms with van der Waals surface area (Å²) in [6.07, 6.45) is -0.955. The summed E-state index contributed by atoms with van der Waals surface area (Å²) in [5.41, 5.74) is 11.6. The van der Waals surface area contributed by atoms with E-state index in [1.807, 2.05) is 0 Å². The fourth-order valence-electron chi connectivity index (χ4n) is 2.54. The Bertz CT molecular complexity index is 704. The first-order chi connectivity index (χ1) is 10.5. The zero-order valence-electron chi connectivity index (χ0n) is 11.5. The Kier molecular flexibility index (Phi) is 3.64. The van der Waals surface area contributed by atoms with Crippen molar-refractivity contribution in [2.75, 3.05) is 5.73 Å². The van der Waals surface area contributed by atoms with Gasteiger partial charge in [-0.2, -0.15) is 0 Å². The van der Waals surface area contributed by atoms with Gasteiger partial charge in [-0.3, -0.25) is 9.36 Å². The molecule has 0 saturated carbocycles. The van der Waals surface area contributed by atoms with Gasteiger partial charge in [0.25, 0.3) is 0 Å². The minimum Gasteiger partial charge on any atom is -0.388 e. The molecule has 22 heavy (non-hydrogen) atoms. The Labute approximate surface area is 124 Å². The molecule has 1 aliphatic rings. The maximum absolute atomic E-state index is 10.8. The van der Waals surface area contributed by atoms with Crippen molar-refractivity contribution >= 4 is 22.9 Å². The van der Waals surface area contributed by atoms with Gasteiger partial charge in [-0.25, -0.2) is 15.0 Å². The molecule has 0 aromatic carbocycles. The topological polar surface area (TPSA) is 162 Å². The van der Waals surface area contributed by atoms with Crippen LogP contribution in [0.15, 0.2) is 12.7 Å². The number of aliphatic hydroxyl groups excluding tert-OH is 2. The lowest BCUT2D eigenvalue weighted by molar-refractivity contribution is -0.119. The fourth-order valence-corrected chi connectivity index (χ4v) is 2.54. The second-order valence-electron chi connectivity index (χ2n) is 5.13. The molecule has 10 heteroatoms. The number of hydrogen-bond donors (Lipinski definition) is 4. The van der Waals surface area contributed by atoms with Crippen LogP contribution in [0.4, 0.5) is 5.82 Å². The molecule has 6 N–H and O–H groups in total. The molecule has 0 bridgehead atoms. The summed E-state index contributed by atoms with van der Waals surface area (Å²) in [5.74, 6) is -0.288. The average molecular weight is 308 g/mol. The Balaban J connectivity index is 1.87. The van der Waals surface area contributed by atoms with Crippen molar-refractivity contribution < 1.29 is 19.7 Å². The van der Waals surface area contributed by atoms with Gasteiger partial charge in [-0.15, -0.1) is 0 Å². The summed E-state index contributed by atoms with van der Waals surface area (Å²) in [6, 6.07) is 0. The van der Waals surface area contributed by atoms with E-state index in [-0.39, 0.29) is 18.7 Å². The predicted molar refractivity (Wildman–Crippen MR) is 74.1 cm³/mol. The lowest BCUT2D eigenvalue weighted by atomic mass is 10.1. The lowest BCUT2D eigenvalue weighted by Crippen LogP contribution is -2.32. The molecule has 0 radical (unpaired) electrons. The highest BCUT2D eigenvalue weighted by molar-refractivity contribution is 5.81. The van der Waals surface area contributed by atoms with Crippen molar-refractivity contribution in [3.63, 3.8) is 0 Å². The van der Waals surface area contributed by atoms with E-state index in [4.69, 9.17) is 16.2 Å². The maximum atomic E-state index is 10.8. The monoisotopic (exact) mass is 308 g/mol. The highest BCUT2D eigenvalue weighted by Crippen LogP contribution is 2.33. The minimum atomic E-state index is -1.19. The van der Waals surface area contributed by atoms with Gasteiger partial charge in [0.05, 0.1) is 12.4 Å². The molecule has 2 aromatic heterocycles. The zero-order valence-corrected chi connectivity index (χ0v) is 11.5. The van der Waals surface area contributed by atoms with Gasteiger partial charge in [-0.1, -0.05) is 0 Å². The van der Waals surface area contributed by atoms with Crippen molar-refractivity contribution in [1.82, 2.24) is 19.5 Å². The summed E-state index contributed by atoms with van der Waals surface area (Å²) in [7, 11) is 0. The van der Waals surface area contributed by atoms with Gasteiger partial charge >= 0.3 is 0 Å². The van der Waals surface area contributed by atoms with Crippen molar-refractivity contribution in [3.05, 3.63) is 12.7 Å². The van der Waals surface area contributed by atoms with E-state index in [0.29, 0.717) is 11.2 Å². The van der Waals surface area contributed by atoms with Crippen molar-refractivity contribution in [2.24, 2.45) is 5.73 Å². The van der Waals surface area contributed by atoms with Gasteiger partial charge in [0, 0.05) is 6.42 Å². The van der Waals surface area contributed by atoms with E-state index in [1.54, 1.807) is 0 Å². The number of amides is 1. The normalized spacial score (nSPS) is 28.3. The standard InChI is InChI=1S/C12H16N6O4/c13-6(19)2-1-5-8(20)9(21)12(22-5)18-4-17-7-10(14)15-3-16-11(7)18/h3-5,8-9,12,20-21H,1-2H2,(H2,13,19)(H2,14,15,16)/t5-,8-,9+,12?/m1/s1. The zero-order chi connectivity index (χ0) is 15.9. The summed E-state index contributed by atoms with van der Waals surface area (Å²) in [4.78, 5) is 22.8. The van der Waals surface area contributed by atoms with E-state index >= 15 is 0 Å². The van der Waals surface area contributed by atoms with E-state index in [9.17, 15) is 15.0 Å². The van der Waals surface area contributed by atoms with Crippen molar-refractivity contribution in [2.45, 2.75) is 37.4 Å². The van der Waals surface area contributed by atoms with Crippen LogP contribution in [-0.2, 0) is 9.53 Å². The quantitative estimate of drug-likeness (QED) is 0.519. The van der Waals surface area contributed by atoms with Crippen LogP contribution in [0.3, 0.4) is 0 Å². The largest absolute Gasteiger partial charge is 0.388 e. The molecular weight excluding hydrogens is 292 g/mol. The van der Waals surface area contributed by atoms with E-state index in [2.05, 4.69) is 15.0 Å². The van der Waals surface area contributed by atoms with E-state index < -0.39 is 30.4 Å². The van der Waals surface area contributed by atoms with Crippen LogP contribution in [0, 0.1) is 0 Å². The smallest absolute Gasteiger partial charge is 0.217 e. The molecule has 2 aromatic rings. The second-order valence-corrected chi connectivity index (χ2v) is 5.13. The third-order valence-electron chi connectivity index (χ3n) is 3.67. The molecule has 1 aliphatic heterocycles. The number of primary amides is 1. The molecule has 3 heterocycles. The molecule has 10 nitrogen and oxygen atoms in total. The van der Waals surface area contributed by atoms with Gasteiger partial charge < -0.3 is 26.4 Å². The van der Waals surface area contributed by atoms with Crippen molar-refractivity contribution in [3.8, 4) is 0 Å². The van der Waals surface area contributed by atoms with Gasteiger partial charge in [0.15, 0.2) is 17.7 Å². The Morgan fingerprint density at radius 1 is 1.32 bits per heavy atom. The number of ether oxygens (including phenoxy) is 1. The van der Waals surface area contributed by atoms with Crippen LogP contribution in [-0.4, -0.2) is 54.0 Å². The number of nitrogens with zero attached hydrogens (tertiary/aromatic N) is 4. The Morgan fingerprint density at radius 2 is 2.09 bits per heavy atom. The van der Waals surface area contributed by atoms with Crippen molar-refractivity contribution in [1.29, 1.82) is 0 Å². The van der Waals surface area contributed by atoms with Gasteiger partial charge in [-0.05, 0) is 6.42 Å². The number of fused-ring (bicyclic) bond motifs is 1. The van der Waals surface area contributed by atoms with Gasteiger partial charge in [0.2, 0.25) is 5.91 Å². The number of aliphatic hydroxyl groups is 2. The van der Waals surface area contributed by atoms with E-state index in [1.165, 1.54) is 17.2 Å². The number of nitrogen functional groups attached to an aromatic ring is 1. The predicted octanol–water partition coefficient (Wildman–Crippen LogP) is -1.71. The highest BCUT2D eigenvalue weighted by atomic mass is 16.6. The summed E-state index contributed by atoms with van der Waals surface area (Å²) >= 11 is 0. The number of carbonyl (C=O) groups excluding carboxylic acids is 1. The molecule has 0 aliphatic carbocycles. The molecule has 1 fully saturated rings. The number of aromatic nitrogens is 4. The summed E-state index contributed by atoms with van der Waals surface area (Å²) in [6.45, 7) is 0. The van der Waals surface area contributed by atoms with Gasteiger partial charge in [0.1, 0.15) is 24.1 Å². The third kappa shape index (κ3) is 2.36. The molecule has 3 rings (SSSR count).